The predicted molar refractivity (Wildman–Crippen MR) is 99.0 cm³/mol. The normalized spacial score (nSPS) is 9.78. The largest absolute Gasteiger partial charge is 0.316 e. The summed E-state index contributed by atoms with van der Waals surface area (Å²) < 4.78 is 30.5. The first-order valence-corrected chi connectivity index (χ1v) is 8.24. The molecule has 2 aromatic carbocycles. The van der Waals surface area contributed by atoms with Crippen molar-refractivity contribution in [3.63, 3.8) is 0 Å². The number of hydrogen-bond donors (Lipinski definition) is 1. The number of hydrogen-bond acceptors (Lipinski definition) is 2. The zero-order chi connectivity index (χ0) is 16.4. The van der Waals surface area contributed by atoms with E-state index in [1.807, 2.05) is 24.3 Å². The number of rotatable bonds is 5. The molecule has 0 saturated carbocycles. The van der Waals surface area contributed by atoms with E-state index in [1.165, 1.54) is 11.6 Å². The molecule has 23 heavy (non-hydrogen) atoms. The van der Waals surface area contributed by atoms with Crippen molar-refractivity contribution in [2.45, 2.75) is 17.7 Å². The molecule has 5 heteroatoms. The fourth-order valence-corrected chi connectivity index (χ4v) is 2.59. The lowest BCUT2D eigenvalue weighted by Crippen LogP contribution is -2.02. The van der Waals surface area contributed by atoms with Gasteiger partial charge in [-0.3, -0.25) is 4.55 Å². The third kappa shape index (κ3) is 8.13. The molecular formula is C18H22MgO3S. The maximum atomic E-state index is 10.8. The van der Waals surface area contributed by atoms with Gasteiger partial charge in [0.15, 0.2) is 0 Å². The lowest BCUT2D eigenvalue weighted by molar-refractivity contribution is 0.482. The molecule has 120 valence electrons. The van der Waals surface area contributed by atoms with E-state index in [0.29, 0.717) is 12.0 Å². The lowest BCUT2D eigenvalue weighted by Gasteiger charge is -2.02. The van der Waals surface area contributed by atoms with Gasteiger partial charge in [-0.2, -0.15) is 8.42 Å². The average molecular weight is 343 g/mol. The lowest BCUT2D eigenvalue weighted by atomic mass is 10.1. The summed E-state index contributed by atoms with van der Waals surface area (Å²) in [4.78, 5) is -0.0464. The first-order valence-electron chi connectivity index (χ1n) is 6.80. The second kappa shape index (κ2) is 11.2. The molecule has 0 fully saturated rings. The third-order valence-corrected chi connectivity index (χ3v) is 3.79. The Morgan fingerprint density at radius 1 is 0.870 bits per heavy atom. The Morgan fingerprint density at radius 3 is 1.91 bits per heavy atom. The van der Waals surface area contributed by atoms with Gasteiger partial charge in [-0.05, 0) is 30.0 Å². The fourth-order valence-electron chi connectivity index (χ4n) is 1.86. The summed E-state index contributed by atoms with van der Waals surface area (Å²) in [5.41, 5.74) is 1.88. The van der Waals surface area contributed by atoms with Crippen molar-refractivity contribution >= 4 is 33.2 Å². The van der Waals surface area contributed by atoms with Gasteiger partial charge in [-0.15, -0.1) is 13.2 Å². The van der Waals surface area contributed by atoms with E-state index in [9.17, 15) is 8.42 Å². The second-order valence-corrected chi connectivity index (χ2v) is 5.94. The summed E-state index contributed by atoms with van der Waals surface area (Å²) in [5.74, 6) is 0. The molecule has 0 amide bonds. The molecule has 0 atom stereocenters. The summed E-state index contributed by atoms with van der Waals surface area (Å²) in [6.07, 6.45) is 4.90. The Morgan fingerprint density at radius 2 is 1.39 bits per heavy atom. The molecule has 0 saturated heterocycles. The van der Waals surface area contributed by atoms with E-state index in [0.717, 1.165) is 6.42 Å². The van der Waals surface area contributed by atoms with E-state index >= 15 is 0 Å². The summed E-state index contributed by atoms with van der Waals surface area (Å²) >= 11 is 0. The molecule has 0 unspecified atom stereocenters. The van der Waals surface area contributed by atoms with Crippen LogP contribution >= 0.6 is 0 Å². The minimum absolute atomic E-state index is 0. The van der Waals surface area contributed by atoms with Crippen molar-refractivity contribution in [3.05, 3.63) is 91.0 Å². The topological polar surface area (TPSA) is 54.4 Å². The van der Waals surface area contributed by atoms with Crippen LogP contribution < -0.4 is 0 Å². The van der Waals surface area contributed by atoms with Crippen molar-refractivity contribution in [1.82, 2.24) is 0 Å². The van der Waals surface area contributed by atoms with Gasteiger partial charge in [0.1, 0.15) is 0 Å². The SMILES string of the molecule is C=CCc1ccccc1.C=CCc1ccccc1S(=O)(=O)O.[MgH2]. The van der Waals surface area contributed by atoms with Crippen LogP contribution in [0.4, 0.5) is 0 Å². The minimum Gasteiger partial charge on any atom is -0.282 e. The quantitative estimate of drug-likeness (QED) is 0.516. The van der Waals surface area contributed by atoms with Crippen molar-refractivity contribution in [2.24, 2.45) is 0 Å². The van der Waals surface area contributed by atoms with Gasteiger partial charge >= 0.3 is 23.1 Å². The molecule has 0 spiro atoms. The monoisotopic (exact) mass is 342 g/mol. The molecule has 2 rings (SSSR count). The first kappa shape index (κ1) is 21.6. The molecule has 0 radical (unpaired) electrons. The van der Waals surface area contributed by atoms with Crippen LogP contribution in [0.3, 0.4) is 0 Å². The molecule has 0 heterocycles. The molecule has 0 bridgehead atoms. The Balaban J connectivity index is 0.000000427. The third-order valence-electron chi connectivity index (χ3n) is 2.84. The molecule has 1 N–H and O–H groups in total. The van der Waals surface area contributed by atoms with Crippen LogP contribution in [0.1, 0.15) is 11.1 Å². The molecule has 2 aromatic rings. The smallest absolute Gasteiger partial charge is 0.282 e. The van der Waals surface area contributed by atoms with Crippen LogP contribution in [0.25, 0.3) is 0 Å². The van der Waals surface area contributed by atoms with Crippen LogP contribution in [0.5, 0.6) is 0 Å². The standard InChI is InChI=1S/C9H10O3S.C9H10.Mg.2H/c1-2-5-8-6-3-4-7-9(8)13(10,11)12;1-2-6-9-7-4-3-5-8-9;;;/h2-4,6-7H,1,5H2,(H,10,11,12);2-5,7-8H,1,6H2;;;. The van der Waals surface area contributed by atoms with Crippen molar-refractivity contribution in [3.8, 4) is 0 Å². The Hall–Kier alpha value is -1.40. The summed E-state index contributed by atoms with van der Waals surface area (Å²) in [6.45, 7) is 7.16. The summed E-state index contributed by atoms with van der Waals surface area (Å²) in [6, 6.07) is 16.6. The van der Waals surface area contributed by atoms with Crippen LogP contribution in [0.2, 0.25) is 0 Å². The highest BCUT2D eigenvalue weighted by atomic mass is 32.2. The van der Waals surface area contributed by atoms with Gasteiger partial charge in [0.05, 0.1) is 4.90 Å². The average Bonchev–Trinajstić information content (AvgIpc) is 2.49. The van der Waals surface area contributed by atoms with Crippen molar-refractivity contribution < 1.29 is 13.0 Å². The van der Waals surface area contributed by atoms with Gasteiger partial charge in [-0.25, -0.2) is 0 Å². The molecule has 0 aromatic heterocycles. The maximum absolute atomic E-state index is 10.8. The first-order chi connectivity index (χ1) is 10.5. The van der Waals surface area contributed by atoms with Crippen molar-refractivity contribution in [2.75, 3.05) is 0 Å². The van der Waals surface area contributed by atoms with Crippen LogP contribution in [-0.4, -0.2) is 36.0 Å². The Kier molecular flexibility index (Phi) is 10.5. The van der Waals surface area contributed by atoms with E-state index in [4.69, 9.17) is 4.55 Å². The molecule has 0 aliphatic rings. The van der Waals surface area contributed by atoms with Crippen molar-refractivity contribution in [1.29, 1.82) is 0 Å². The summed E-state index contributed by atoms with van der Waals surface area (Å²) in [5, 5.41) is 0. The number of benzene rings is 2. The highest BCUT2D eigenvalue weighted by molar-refractivity contribution is 7.85. The van der Waals surface area contributed by atoms with Crippen LogP contribution in [-0.2, 0) is 23.0 Å². The molecule has 0 aliphatic carbocycles. The van der Waals surface area contributed by atoms with E-state index < -0.39 is 10.1 Å². The van der Waals surface area contributed by atoms with Crippen LogP contribution in [0, 0.1) is 0 Å². The maximum Gasteiger partial charge on any atom is 0.316 e. The molecule has 0 aliphatic heterocycles. The minimum atomic E-state index is -4.10. The van der Waals surface area contributed by atoms with Gasteiger partial charge < -0.3 is 0 Å². The Labute approximate surface area is 154 Å². The van der Waals surface area contributed by atoms with Crippen LogP contribution in [0.15, 0.2) is 84.8 Å². The van der Waals surface area contributed by atoms with Gasteiger partial charge in [0.2, 0.25) is 0 Å². The Bertz CT molecular complexity index is 710. The predicted octanol–water partition coefficient (Wildman–Crippen LogP) is 3.16. The molecule has 3 nitrogen and oxygen atoms in total. The van der Waals surface area contributed by atoms with E-state index in [2.05, 4.69) is 25.3 Å². The summed E-state index contributed by atoms with van der Waals surface area (Å²) in [7, 11) is -4.10. The highest BCUT2D eigenvalue weighted by Gasteiger charge is 2.12. The van der Waals surface area contributed by atoms with Gasteiger partial charge in [0, 0.05) is 0 Å². The van der Waals surface area contributed by atoms with E-state index in [1.54, 1.807) is 24.3 Å². The van der Waals surface area contributed by atoms with E-state index in [-0.39, 0.29) is 27.9 Å². The second-order valence-electron chi connectivity index (χ2n) is 4.55. The zero-order valence-corrected chi connectivity index (χ0v) is 13.2. The molecular weight excluding hydrogens is 321 g/mol. The zero-order valence-electron chi connectivity index (χ0n) is 12.4. The fraction of sp³-hybridized carbons (Fsp3) is 0.111. The van der Waals surface area contributed by atoms with Gasteiger partial charge in [-0.1, -0.05) is 60.7 Å². The number of allylic oxidation sites excluding steroid dienone is 2. The van der Waals surface area contributed by atoms with Gasteiger partial charge in [0.25, 0.3) is 10.1 Å². The highest BCUT2D eigenvalue weighted by Crippen LogP contribution is 2.15.